The Morgan fingerprint density at radius 1 is 0.606 bits per heavy atom. The van der Waals surface area contributed by atoms with E-state index in [0.717, 1.165) is 24.3 Å². The summed E-state index contributed by atoms with van der Waals surface area (Å²) in [4.78, 5) is 0. The molecule has 0 aromatic heterocycles. The Morgan fingerprint density at radius 3 is 1.64 bits per heavy atom. The summed E-state index contributed by atoms with van der Waals surface area (Å²) in [5.74, 6) is -5.34. The van der Waals surface area contributed by atoms with E-state index in [9.17, 15) is 26.3 Å². The van der Waals surface area contributed by atoms with Crippen LogP contribution in [0.15, 0.2) is 49.8 Å². The van der Waals surface area contributed by atoms with Crippen molar-refractivity contribution in [3.8, 4) is 18.2 Å². The molecule has 0 saturated heterocycles. The van der Waals surface area contributed by atoms with Crippen LogP contribution in [-0.2, 0) is 0 Å². The van der Waals surface area contributed by atoms with Gasteiger partial charge in [0.25, 0.3) is 0 Å². The first-order valence-corrected chi connectivity index (χ1v) is 10.5. The zero-order chi connectivity index (χ0) is 25.3. The van der Waals surface area contributed by atoms with Crippen LogP contribution in [-0.4, -0.2) is 0 Å². The number of nitrogens with zero attached hydrogens (tertiary/aromatic N) is 3. The number of benzene rings is 3. The summed E-state index contributed by atoms with van der Waals surface area (Å²) in [5, 5.41) is 24.8. The topological polar surface area (TPSA) is 71.4 Å². The molecule has 33 heavy (non-hydrogen) atoms. The van der Waals surface area contributed by atoms with Gasteiger partial charge in [-0.25, -0.2) is 26.3 Å². The van der Waals surface area contributed by atoms with Gasteiger partial charge in [0.15, 0.2) is 17.5 Å². The highest BCUT2D eigenvalue weighted by molar-refractivity contribution is 9.11. The summed E-state index contributed by atoms with van der Waals surface area (Å²) in [6.07, 6.45) is 0. The molecule has 0 atom stereocenters. The van der Waals surface area contributed by atoms with Gasteiger partial charge in [0, 0.05) is 4.47 Å². The van der Waals surface area contributed by atoms with Gasteiger partial charge >= 0.3 is 0 Å². The maximum Gasteiger partial charge on any atom is 0.176 e. The fourth-order valence-corrected chi connectivity index (χ4v) is 2.88. The van der Waals surface area contributed by atoms with E-state index in [1.807, 2.05) is 0 Å². The largest absolute Gasteiger partial charge is 0.206 e. The molecule has 3 aromatic rings. The minimum atomic E-state index is -1.10. The van der Waals surface area contributed by atoms with Crippen molar-refractivity contribution in [1.82, 2.24) is 0 Å². The molecule has 168 valence electrons. The lowest BCUT2D eigenvalue weighted by molar-refractivity contribution is 0.505. The zero-order valence-corrected chi connectivity index (χ0v) is 20.5. The van der Waals surface area contributed by atoms with Crippen LogP contribution in [0, 0.1) is 68.9 Å². The summed E-state index contributed by atoms with van der Waals surface area (Å²) < 4.78 is 75.7. The maximum atomic E-state index is 12.8. The van der Waals surface area contributed by atoms with Crippen molar-refractivity contribution >= 4 is 47.8 Å². The summed E-state index contributed by atoms with van der Waals surface area (Å²) in [6.45, 7) is 0. The van der Waals surface area contributed by atoms with Gasteiger partial charge in [-0.1, -0.05) is 15.9 Å². The fraction of sp³-hybridized carbons (Fsp3) is 0. The van der Waals surface area contributed by atoms with Crippen molar-refractivity contribution in [3.63, 3.8) is 0 Å². The van der Waals surface area contributed by atoms with Crippen LogP contribution in [0.1, 0.15) is 16.7 Å². The van der Waals surface area contributed by atoms with Crippen LogP contribution in [0.25, 0.3) is 0 Å². The molecule has 0 bridgehead atoms. The van der Waals surface area contributed by atoms with Crippen LogP contribution in [0.3, 0.4) is 0 Å². The van der Waals surface area contributed by atoms with E-state index in [0.29, 0.717) is 4.47 Å². The lowest BCUT2D eigenvalue weighted by atomic mass is 10.2. The van der Waals surface area contributed by atoms with E-state index < -0.39 is 40.5 Å². The van der Waals surface area contributed by atoms with Gasteiger partial charge < -0.3 is 0 Å². The minimum absolute atomic E-state index is 0.0248. The maximum absolute atomic E-state index is 12.8. The summed E-state index contributed by atoms with van der Waals surface area (Å²) in [7, 11) is 0. The number of nitriles is 3. The molecular formula is C21H6Br3F6N3. The Balaban J connectivity index is 0.000000247. The number of hydrogen-bond donors (Lipinski definition) is 0. The molecule has 0 amide bonds. The van der Waals surface area contributed by atoms with Crippen LogP contribution < -0.4 is 0 Å². The third kappa shape index (κ3) is 7.90. The summed E-state index contributed by atoms with van der Waals surface area (Å²) >= 11 is 8.44. The summed E-state index contributed by atoms with van der Waals surface area (Å²) in [6, 6.07) is 11.0. The monoisotopic (exact) mass is 651 g/mol. The van der Waals surface area contributed by atoms with E-state index in [1.54, 1.807) is 6.07 Å². The van der Waals surface area contributed by atoms with Crippen molar-refractivity contribution < 1.29 is 26.3 Å². The highest BCUT2D eigenvalue weighted by Crippen LogP contribution is 2.21. The molecule has 0 fully saturated rings. The quantitative estimate of drug-likeness (QED) is 0.141. The fourth-order valence-electron chi connectivity index (χ4n) is 1.89. The molecule has 3 aromatic carbocycles. The van der Waals surface area contributed by atoms with Gasteiger partial charge in [-0.15, -0.1) is 0 Å². The molecule has 0 heterocycles. The second kappa shape index (κ2) is 13.0. The average molecular weight is 654 g/mol. The molecule has 12 heteroatoms. The lowest BCUT2D eigenvalue weighted by Gasteiger charge is -1.96. The highest BCUT2D eigenvalue weighted by atomic mass is 79.9. The Kier molecular flexibility index (Phi) is 11.1. The third-order valence-electron chi connectivity index (χ3n) is 3.38. The van der Waals surface area contributed by atoms with Gasteiger partial charge in [-0.3, -0.25) is 0 Å². The van der Waals surface area contributed by atoms with Crippen molar-refractivity contribution in [1.29, 1.82) is 15.8 Å². The Bertz CT molecular complexity index is 1290. The zero-order valence-electron chi connectivity index (χ0n) is 15.7. The van der Waals surface area contributed by atoms with Crippen molar-refractivity contribution in [3.05, 3.63) is 101 Å². The molecule has 0 aliphatic rings. The minimum Gasteiger partial charge on any atom is -0.206 e. The molecule has 0 saturated carbocycles. The number of rotatable bonds is 0. The van der Waals surface area contributed by atoms with Gasteiger partial charge in [-0.05, 0) is 68.3 Å². The van der Waals surface area contributed by atoms with Crippen molar-refractivity contribution in [2.24, 2.45) is 0 Å². The average Bonchev–Trinajstić information content (AvgIpc) is 2.78. The van der Waals surface area contributed by atoms with E-state index >= 15 is 0 Å². The molecule has 0 unspecified atom stereocenters. The van der Waals surface area contributed by atoms with E-state index in [1.165, 1.54) is 24.3 Å². The number of hydrogen-bond acceptors (Lipinski definition) is 3. The van der Waals surface area contributed by atoms with Gasteiger partial charge in [-0.2, -0.15) is 15.8 Å². The van der Waals surface area contributed by atoms with Crippen LogP contribution >= 0.6 is 47.8 Å². The van der Waals surface area contributed by atoms with Gasteiger partial charge in [0.05, 0.1) is 26.1 Å². The first kappa shape index (κ1) is 28.2. The van der Waals surface area contributed by atoms with E-state index in [2.05, 4.69) is 47.8 Å². The lowest BCUT2D eigenvalue weighted by Crippen LogP contribution is -1.89. The molecular weight excluding hydrogens is 648 g/mol. The van der Waals surface area contributed by atoms with Crippen LogP contribution in [0.5, 0.6) is 0 Å². The molecule has 0 aliphatic carbocycles. The Hall–Kier alpha value is -2.85. The van der Waals surface area contributed by atoms with Gasteiger partial charge in [0.2, 0.25) is 0 Å². The normalized spacial score (nSPS) is 9.27. The molecule has 0 radical (unpaired) electrons. The first-order valence-electron chi connectivity index (χ1n) is 8.09. The third-order valence-corrected chi connectivity index (χ3v) is 5.21. The standard InChI is InChI=1S/3C7H2BrF2N/c8-5-1-4(3-11)7(10)6(9)2-5;8-7-5(9)1-4(3-11)2-6(7)10;8-5-1-2-6(9)4(3-11)7(5)10/h3*1-2H. The number of halogens is 9. The molecule has 0 N–H and O–H groups in total. The predicted octanol–water partition coefficient (Wildman–Crippen LogP) is 7.80. The van der Waals surface area contributed by atoms with Crippen LogP contribution in [0.2, 0.25) is 0 Å². The van der Waals surface area contributed by atoms with Crippen molar-refractivity contribution in [2.75, 3.05) is 0 Å². The molecule has 0 spiro atoms. The van der Waals surface area contributed by atoms with Gasteiger partial charge in [0.1, 0.15) is 35.2 Å². The first-order chi connectivity index (χ1) is 15.5. The van der Waals surface area contributed by atoms with E-state index in [-0.39, 0.29) is 20.1 Å². The highest BCUT2D eigenvalue weighted by Gasteiger charge is 2.11. The molecule has 3 nitrogen and oxygen atoms in total. The summed E-state index contributed by atoms with van der Waals surface area (Å²) in [5.41, 5.74) is -0.876. The van der Waals surface area contributed by atoms with E-state index in [4.69, 9.17) is 15.8 Å². The Labute approximate surface area is 208 Å². The second-order valence-electron chi connectivity index (χ2n) is 5.56. The smallest absolute Gasteiger partial charge is 0.176 e. The predicted molar refractivity (Wildman–Crippen MR) is 116 cm³/mol. The second-order valence-corrected chi connectivity index (χ2v) is 8.12. The molecule has 0 aliphatic heterocycles. The van der Waals surface area contributed by atoms with Crippen molar-refractivity contribution in [2.45, 2.75) is 0 Å². The van der Waals surface area contributed by atoms with Crippen LogP contribution in [0.4, 0.5) is 26.3 Å². The molecule has 3 rings (SSSR count). The Morgan fingerprint density at radius 2 is 1.18 bits per heavy atom. The SMILES string of the molecule is N#Cc1c(F)ccc(Br)c1F.N#Cc1cc(Br)cc(F)c1F.N#Cc1cc(F)c(Br)c(F)c1.